The van der Waals surface area contributed by atoms with Crippen molar-refractivity contribution in [1.29, 1.82) is 0 Å². The van der Waals surface area contributed by atoms with Gasteiger partial charge in [0, 0.05) is 11.3 Å². The molecule has 0 radical (unpaired) electrons. The molecule has 0 aromatic heterocycles. The number of anilines is 1. The van der Waals surface area contributed by atoms with Gasteiger partial charge in [0.05, 0.1) is 0 Å². The van der Waals surface area contributed by atoms with E-state index in [2.05, 4.69) is 0 Å². The zero-order valence-electron chi connectivity index (χ0n) is 11.0. The van der Waals surface area contributed by atoms with Crippen LogP contribution in [-0.4, -0.2) is 34.6 Å². The highest BCUT2D eigenvalue weighted by molar-refractivity contribution is 6.01. The lowest BCUT2D eigenvalue weighted by molar-refractivity contribution is -0.0589. The number of likely N-dealkylation sites (N-methyl/N-ethyl adjacent to an activating group) is 1. The first kappa shape index (κ1) is 16.9. The predicted molar refractivity (Wildman–Crippen MR) is 76.0 cm³/mol. The smallest absolute Gasteiger partial charge is 0.209 e. The average molecular weight is 273 g/mol. The summed E-state index contributed by atoms with van der Waals surface area (Å²) in [5.41, 5.74) is 5.16. The number of benzene rings is 1. The lowest BCUT2D eigenvalue weighted by Gasteiger charge is -2.34. The zero-order chi connectivity index (χ0) is 13.1. The second-order valence-corrected chi connectivity index (χ2v) is 4.14. The van der Waals surface area contributed by atoms with Crippen molar-refractivity contribution in [1.82, 2.24) is 4.90 Å². The van der Waals surface area contributed by atoms with Crippen molar-refractivity contribution in [2.24, 2.45) is 0 Å². The van der Waals surface area contributed by atoms with Crippen LogP contribution in [0.4, 0.5) is 5.69 Å². The zero-order valence-corrected chi connectivity index (χ0v) is 11.8. The molecule has 1 aromatic carbocycles. The first-order chi connectivity index (χ1) is 7.93. The van der Waals surface area contributed by atoms with Crippen LogP contribution in [0.15, 0.2) is 24.3 Å². The molecule has 0 fully saturated rings. The average Bonchev–Trinajstić information content (AvgIpc) is 2.30. The third-order valence-corrected chi connectivity index (χ3v) is 2.98. The summed E-state index contributed by atoms with van der Waals surface area (Å²) < 4.78 is 0. The van der Waals surface area contributed by atoms with E-state index in [0.717, 1.165) is 0 Å². The van der Waals surface area contributed by atoms with Gasteiger partial charge in [0.15, 0.2) is 5.72 Å². The Morgan fingerprint density at radius 3 is 2.11 bits per heavy atom. The van der Waals surface area contributed by atoms with Crippen molar-refractivity contribution < 1.29 is 9.90 Å². The van der Waals surface area contributed by atoms with Crippen LogP contribution in [0.3, 0.4) is 0 Å². The van der Waals surface area contributed by atoms with E-state index in [4.69, 9.17) is 5.73 Å². The number of nitrogen functional groups attached to an aromatic ring is 1. The molecule has 102 valence electrons. The number of rotatable bonds is 5. The van der Waals surface area contributed by atoms with Gasteiger partial charge in [0.1, 0.15) is 0 Å². The number of carbonyl (C=O) groups excluding carboxylic acids is 1. The predicted octanol–water partition coefficient (Wildman–Crippen LogP) is 1.92. The lowest BCUT2D eigenvalue weighted by atomic mass is 10.0. The molecule has 1 unspecified atom stereocenters. The minimum atomic E-state index is -1.47. The summed E-state index contributed by atoms with van der Waals surface area (Å²) in [6.45, 7) is 6.58. The third kappa shape index (κ3) is 3.45. The van der Waals surface area contributed by atoms with Crippen LogP contribution < -0.4 is 5.73 Å². The van der Waals surface area contributed by atoms with Crippen LogP contribution in [-0.2, 0) is 0 Å². The monoisotopic (exact) mass is 272 g/mol. The van der Waals surface area contributed by atoms with Gasteiger partial charge in [-0.15, -0.1) is 12.4 Å². The van der Waals surface area contributed by atoms with Gasteiger partial charge in [-0.25, -0.2) is 0 Å². The fourth-order valence-corrected chi connectivity index (χ4v) is 1.89. The first-order valence-corrected chi connectivity index (χ1v) is 5.81. The molecule has 0 amide bonds. The van der Waals surface area contributed by atoms with E-state index in [1.165, 1.54) is 6.92 Å². The van der Waals surface area contributed by atoms with Gasteiger partial charge in [-0.3, -0.25) is 9.69 Å². The number of hydrogen-bond acceptors (Lipinski definition) is 4. The van der Waals surface area contributed by atoms with E-state index in [1.54, 1.807) is 29.2 Å². The van der Waals surface area contributed by atoms with Crippen molar-refractivity contribution in [3.8, 4) is 0 Å². The molecular weight excluding hydrogens is 252 g/mol. The Bertz CT molecular complexity index is 386. The van der Waals surface area contributed by atoms with E-state index < -0.39 is 5.72 Å². The maximum atomic E-state index is 12.2. The normalized spacial score (nSPS) is 13.8. The second kappa shape index (κ2) is 6.73. The largest absolute Gasteiger partial charge is 0.399 e. The van der Waals surface area contributed by atoms with E-state index in [-0.39, 0.29) is 18.2 Å². The number of Topliss-reactive ketones (excluding diaryl/α,β-unsaturated/α-hetero) is 1. The van der Waals surface area contributed by atoms with Gasteiger partial charge in [-0.2, -0.15) is 0 Å². The molecule has 0 bridgehead atoms. The van der Waals surface area contributed by atoms with E-state index in [9.17, 15) is 9.90 Å². The molecule has 1 aromatic rings. The van der Waals surface area contributed by atoms with Crippen molar-refractivity contribution in [2.45, 2.75) is 26.5 Å². The minimum absolute atomic E-state index is 0. The second-order valence-electron chi connectivity index (χ2n) is 4.14. The van der Waals surface area contributed by atoms with E-state index in [0.29, 0.717) is 24.3 Å². The highest BCUT2D eigenvalue weighted by atomic mass is 35.5. The molecule has 0 aliphatic carbocycles. The van der Waals surface area contributed by atoms with Crippen LogP contribution in [0.25, 0.3) is 0 Å². The molecule has 18 heavy (non-hydrogen) atoms. The number of hydrogen-bond donors (Lipinski definition) is 2. The summed E-state index contributed by atoms with van der Waals surface area (Å²) in [5, 5.41) is 10.3. The molecule has 1 rings (SSSR count). The van der Waals surface area contributed by atoms with Crippen LogP contribution in [0.1, 0.15) is 31.1 Å². The fourth-order valence-electron chi connectivity index (χ4n) is 1.89. The van der Waals surface area contributed by atoms with E-state index in [1.807, 2.05) is 13.8 Å². The lowest BCUT2D eigenvalue weighted by Crippen LogP contribution is -2.52. The summed E-state index contributed by atoms with van der Waals surface area (Å²) in [6, 6.07) is 6.59. The van der Waals surface area contributed by atoms with Crippen LogP contribution in [0, 0.1) is 0 Å². The standard InChI is InChI=1S/C13H20N2O2.ClH/c1-4-15(5-2)13(3,17)12(16)10-6-8-11(14)9-7-10;/h6-9,17H,4-5,14H2,1-3H3;1H. The molecule has 4 nitrogen and oxygen atoms in total. The molecule has 5 heteroatoms. The van der Waals surface area contributed by atoms with E-state index >= 15 is 0 Å². The first-order valence-electron chi connectivity index (χ1n) is 5.81. The number of aliphatic hydroxyl groups is 1. The SMILES string of the molecule is CCN(CC)C(C)(O)C(=O)c1ccc(N)cc1.Cl. The number of carbonyl (C=O) groups is 1. The molecular formula is C13H21ClN2O2. The summed E-state index contributed by atoms with van der Waals surface area (Å²) in [5.74, 6) is -0.304. The number of nitrogens with zero attached hydrogens (tertiary/aromatic N) is 1. The van der Waals surface area contributed by atoms with Gasteiger partial charge in [0.2, 0.25) is 5.78 Å². The van der Waals surface area contributed by atoms with Crippen molar-refractivity contribution in [3.63, 3.8) is 0 Å². The Morgan fingerprint density at radius 1 is 1.28 bits per heavy atom. The Labute approximate surface area is 114 Å². The number of ketones is 1. The molecule has 0 heterocycles. The topological polar surface area (TPSA) is 66.6 Å². The molecule has 0 saturated carbocycles. The summed E-state index contributed by atoms with van der Waals surface area (Å²) >= 11 is 0. The number of halogens is 1. The quantitative estimate of drug-likeness (QED) is 0.488. The van der Waals surface area contributed by atoms with Gasteiger partial charge < -0.3 is 10.8 Å². The van der Waals surface area contributed by atoms with Gasteiger partial charge in [-0.1, -0.05) is 13.8 Å². The maximum absolute atomic E-state index is 12.2. The minimum Gasteiger partial charge on any atom is -0.399 e. The molecule has 0 aliphatic rings. The summed E-state index contributed by atoms with van der Waals surface area (Å²) in [6.07, 6.45) is 0. The van der Waals surface area contributed by atoms with Gasteiger partial charge in [0.25, 0.3) is 0 Å². The van der Waals surface area contributed by atoms with Crippen molar-refractivity contribution >= 4 is 23.9 Å². The van der Waals surface area contributed by atoms with Crippen LogP contribution in [0.5, 0.6) is 0 Å². The maximum Gasteiger partial charge on any atom is 0.209 e. The molecule has 3 N–H and O–H groups in total. The van der Waals surface area contributed by atoms with Crippen LogP contribution >= 0.6 is 12.4 Å². The highest BCUT2D eigenvalue weighted by Gasteiger charge is 2.35. The van der Waals surface area contributed by atoms with Crippen LogP contribution in [0.2, 0.25) is 0 Å². The summed E-state index contributed by atoms with van der Waals surface area (Å²) in [4.78, 5) is 13.9. The molecule has 0 saturated heterocycles. The Kier molecular flexibility index (Phi) is 6.32. The van der Waals surface area contributed by atoms with Crippen molar-refractivity contribution in [2.75, 3.05) is 18.8 Å². The Morgan fingerprint density at radius 2 is 1.72 bits per heavy atom. The number of nitrogens with two attached hydrogens (primary N) is 1. The Hall–Kier alpha value is -1.10. The van der Waals surface area contributed by atoms with Gasteiger partial charge >= 0.3 is 0 Å². The molecule has 1 atom stereocenters. The van der Waals surface area contributed by atoms with Gasteiger partial charge in [-0.05, 0) is 44.3 Å². The Balaban J connectivity index is 0.00000289. The fraction of sp³-hybridized carbons (Fsp3) is 0.462. The third-order valence-electron chi connectivity index (χ3n) is 2.98. The summed E-state index contributed by atoms with van der Waals surface area (Å²) in [7, 11) is 0. The van der Waals surface area contributed by atoms with Crippen molar-refractivity contribution in [3.05, 3.63) is 29.8 Å². The molecule has 0 spiro atoms. The molecule has 0 aliphatic heterocycles. The highest BCUT2D eigenvalue weighted by Crippen LogP contribution is 2.18.